The highest BCUT2D eigenvalue weighted by Crippen LogP contribution is 2.30. The zero-order valence-corrected chi connectivity index (χ0v) is 11.6. The first kappa shape index (κ1) is 12.3. The van der Waals surface area contributed by atoms with Crippen molar-refractivity contribution in [3.8, 4) is 0 Å². The molecule has 2 aromatic rings. The third kappa shape index (κ3) is 2.50. The van der Waals surface area contributed by atoms with Crippen molar-refractivity contribution >= 4 is 17.3 Å². The van der Waals surface area contributed by atoms with Crippen LogP contribution in [0.15, 0.2) is 18.6 Å². The summed E-state index contributed by atoms with van der Waals surface area (Å²) >= 11 is 0. The minimum atomic E-state index is 0.769. The average molecular weight is 259 g/mol. The number of nitrogens with zero attached hydrogens (tertiary/aromatic N) is 3. The normalized spacial score (nSPS) is 22.8. The predicted octanol–water partition coefficient (Wildman–Crippen LogP) is 2.62. The Morgan fingerprint density at radius 3 is 3.05 bits per heavy atom. The Kier molecular flexibility index (Phi) is 3.27. The van der Waals surface area contributed by atoms with E-state index < -0.39 is 0 Å². The zero-order valence-electron chi connectivity index (χ0n) is 11.6. The van der Waals surface area contributed by atoms with Crippen LogP contribution in [0.5, 0.6) is 0 Å². The fourth-order valence-electron chi connectivity index (χ4n) is 2.92. The second kappa shape index (κ2) is 5.07. The predicted molar refractivity (Wildman–Crippen MR) is 77.5 cm³/mol. The summed E-state index contributed by atoms with van der Waals surface area (Å²) in [6, 6.07) is 0. The van der Waals surface area contributed by atoms with Gasteiger partial charge in [0.15, 0.2) is 11.5 Å². The molecule has 1 aliphatic rings. The van der Waals surface area contributed by atoms with Gasteiger partial charge in [-0.15, -0.1) is 0 Å². The minimum Gasteiger partial charge on any atom is -0.372 e. The Bertz CT molecular complexity index is 562. The highest BCUT2D eigenvalue weighted by atomic mass is 15.1. The van der Waals surface area contributed by atoms with Crippen molar-refractivity contribution in [2.75, 3.05) is 24.2 Å². The molecular formula is C14H21N5. The van der Waals surface area contributed by atoms with E-state index >= 15 is 0 Å². The van der Waals surface area contributed by atoms with Gasteiger partial charge in [-0.25, -0.2) is 9.97 Å². The van der Waals surface area contributed by atoms with Gasteiger partial charge in [-0.1, -0.05) is 13.3 Å². The van der Waals surface area contributed by atoms with E-state index in [0.29, 0.717) is 0 Å². The molecular weight excluding hydrogens is 238 g/mol. The molecule has 3 rings (SSSR count). The fraction of sp³-hybridized carbons (Fsp3) is 0.571. The van der Waals surface area contributed by atoms with Crippen molar-refractivity contribution in [3.05, 3.63) is 18.6 Å². The maximum atomic E-state index is 4.57. The van der Waals surface area contributed by atoms with Gasteiger partial charge in [0, 0.05) is 26.0 Å². The number of hydrogen-bond acceptors (Lipinski definition) is 4. The van der Waals surface area contributed by atoms with Crippen molar-refractivity contribution < 1.29 is 0 Å². The summed E-state index contributed by atoms with van der Waals surface area (Å²) in [7, 11) is 1.88. The summed E-state index contributed by atoms with van der Waals surface area (Å²) in [6.45, 7) is 3.33. The highest BCUT2D eigenvalue weighted by molar-refractivity contribution is 5.65. The minimum absolute atomic E-state index is 0.769. The maximum absolute atomic E-state index is 4.57. The summed E-state index contributed by atoms with van der Waals surface area (Å²) in [5.41, 5.74) is 0.894. The molecule has 0 aromatic carbocycles. The maximum Gasteiger partial charge on any atom is 0.180 e. The Morgan fingerprint density at radius 2 is 2.32 bits per heavy atom. The van der Waals surface area contributed by atoms with Crippen molar-refractivity contribution in [2.24, 2.45) is 11.8 Å². The second-order valence-electron chi connectivity index (χ2n) is 5.55. The lowest BCUT2D eigenvalue weighted by Crippen LogP contribution is -2.14. The van der Waals surface area contributed by atoms with Crippen LogP contribution in [0.4, 0.5) is 11.6 Å². The van der Waals surface area contributed by atoms with Gasteiger partial charge < -0.3 is 15.0 Å². The van der Waals surface area contributed by atoms with Crippen LogP contribution in [0.2, 0.25) is 0 Å². The molecule has 102 valence electrons. The van der Waals surface area contributed by atoms with E-state index in [-0.39, 0.29) is 0 Å². The van der Waals surface area contributed by atoms with Crippen LogP contribution in [-0.2, 0) is 0 Å². The third-order valence-electron chi connectivity index (χ3n) is 3.99. The van der Waals surface area contributed by atoms with Crippen molar-refractivity contribution in [1.82, 2.24) is 14.4 Å². The molecule has 19 heavy (non-hydrogen) atoms. The lowest BCUT2D eigenvalue weighted by molar-refractivity contribution is 0.536. The summed E-state index contributed by atoms with van der Waals surface area (Å²) in [5, 5.41) is 6.56. The summed E-state index contributed by atoms with van der Waals surface area (Å²) in [5.74, 6) is 3.36. The van der Waals surface area contributed by atoms with Gasteiger partial charge in [0.05, 0.1) is 6.20 Å². The monoisotopic (exact) mass is 259 g/mol. The summed E-state index contributed by atoms with van der Waals surface area (Å²) in [6.07, 6.45) is 9.70. The van der Waals surface area contributed by atoms with Crippen LogP contribution in [0.3, 0.4) is 0 Å². The molecule has 0 radical (unpaired) electrons. The van der Waals surface area contributed by atoms with Crippen LogP contribution in [-0.4, -0.2) is 28.0 Å². The van der Waals surface area contributed by atoms with Gasteiger partial charge in [-0.2, -0.15) is 0 Å². The Morgan fingerprint density at radius 1 is 1.42 bits per heavy atom. The zero-order chi connectivity index (χ0) is 13.2. The molecule has 0 spiro atoms. The molecule has 0 amide bonds. The van der Waals surface area contributed by atoms with Crippen molar-refractivity contribution in [2.45, 2.75) is 26.2 Å². The number of nitrogens with one attached hydrogen (secondary N) is 2. The van der Waals surface area contributed by atoms with E-state index in [0.717, 1.165) is 35.7 Å². The van der Waals surface area contributed by atoms with E-state index in [9.17, 15) is 0 Å². The Hall–Kier alpha value is -1.78. The first-order valence-corrected chi connectivity index (χ1v) is 7.01. The standard InChI is InChI=1S/C14H21N5/c1-10-3-4-11(7-10)8-17-13-14-16-5-6-19(14)9-12(15-2)18-13/h5-6,9-11,15H,3-4,7-8H2,1-2H3,(H,17,18). The molecule has 1 fully saturated rings. The van der Waals surface area contributed by atoms with E-state index in [2.05, 4.69) is 27.5 Å². The topological polar surface area (TPSA) is 54.2 Å². The smallest absolute Gasteiger partial charge is 0.180 e. The number of fused-ring (bicyclic) bond motifs is 1. The largest absolute Gasteiger partial charge is 0.372 e. The molecule has 5 nitrogen and oxygen atoms in total. The lowest BCUT2D eigenvalue weighted by atomic mass is 10.1. The van der Waals surface area contributed by atoms with Gasteiger partial charge >= 0.3 is 0 Å². The number of hydrogen-bond donors (Lipinski definition) is 2. The van der Waals surface area contributed by atoms with Gasteiger partial charge in [-0.05, 0) is 24.7 Å². The van der Waals surface area contributed by atoms with Crippen molar-refractivity contribution in [1.29, 1.82) is 0 Å². The van der Waals surface area contributed by atoms with Gasteiger partial charge in [0.25, 0.3) is 0 Å². The quantitative estimate of drug-likeness (QED) is 0.886. The van der Waals surface area contributed by atoms with Crippen LogP contribution in [0, 0.1) is 11.8 Å². The molecule has 1 aliphatic carbocycles. The summed E-state index contributed by atoms with van der Waals surface area (Å²) in [4.78, 5) is 8.93. The van der Waals surface area contributed by atoms with E-state index in [1.54, 1.807) is 6.20 Å². The van der Waals surface area contributed by atoms with Crippen LogP contribution in [0.25, 0.3) is 5.65 Å². The molecule has 2 atom stereocenters. The van der Waals surface area contributed by atoms with Gasteiger partial charge in [-0.3, -0.25) is 0 Å². The Balaban J connectivity index is 1.77. The number of anilines is 2. The first-order chi connectivity index (χ1) is 9.26. The number of imidazole rings is 1. The average Bonchev–Trinajstić information content (AvgIpc) is 3.04. The van der Waals surface area contributed by atoms with E-state index in [1.807, 2.05) is 23.8 Å². The van der Waals surface area contributed by atoms with Crippen molar-refractivity contribution in [3.63, 3.8) is 0 Å². The molecule has 2 aromatic heterocycles. The van der Waals surface area contributed by atoms with Gasteiger partial charge in [0.1, 0.15) is 5.82 Å². The molecule has 2 heterocycles. The second-order valence-corrected chi connectivity index (χ2v) is 5.55. The highest BCUT2D eigenvalue weighted by Gasteiger charge is 2.21. The molecule has 0 aliphatic heterocycles. The third-order valence-corrected chi connectivity index (χ3v) is 3.99. The number of aromatic nitrogens is 3. The molecule has 0 bridgehead atoms. The first-order valence-electron chi connectivity index (χ1n) is 7.01. The SMILES string of the molecule is CNc1cn2ccnc2c(NCC2CCC(C)C2)n1. The fourth-order valence-corrected chi connectivity index (χ4v) is 2.92. The van der Waals surface area contributed by atoms with Crippen LogP contribution in [0.1, 0.15) is 26.2 Å². The van der Waals surface area contributed by atoms with Gasteiger partial charge in [0.2, 0.25) is 0 Å². The van der Waals surface area contributed by atoms with Crippen LogP contribution < -0.4 is 10.6 Å². The summed E-state index contributed by atoms with van der Waals surface area (Å²) < 4.78 is 2.00. The van der Waals surface area contributed by atoms with E-state index in [4.69, 9.17) is 0 Å². The van der Waals surface area contributed by atoms with E-state index in [1.165, 1.54) is 19.3 Å². The molecule has 5 heteroatoms. The number of rotatable bonds is 4. The molecule has 1 saturated carbocycles. The Labute approximate surface area is 113 Å². The molecule has 2 N–H and O–H groups in total. The molecule has 2 unspecified atom stereocenters. The lowest BCUT2D eigenvalue weighted by Gasteiger charge is -2.13. The molecule has 0 saturated heterocycles. The van der Waals surface area contributed by atoms with Crippen LogP contribution >= 0.6 is 0 Å².